The molecule has 1 N–H and O–H groups in total. The van der Waals surface area contributed by atoms with Gasteiger partial charge >= 0.3 is 0 Å². The van der Waals surface area contributed by atoms with Crippen LogP contribution in [-0.2, 0) is 4.74 Å². The van der Waals surface area contributed by atoms with Gasteiger partial charge in [0.2, 0.25) is 0 Å². The molecule has 1 aliphatic carbocycles. The van der Waals surface area contributed by atoms with Gasteiger partial charge in [-0.2, -0.15) is 0 Å². The molecule has 0 radical (unpaired) electrons. The van der Waals surface area contributed by atoms with Crippen LogP contribution >= 0.6 is 0 Å². The normalized spacial score (nSPS) is 35.1. The summed E-state index contributed by atoms with van der Waals surface area (Å²) < 4.78 is 5.42. The van der Waals surface area contributed by atoms with E-state index in [4.69, 9.17) is 4.74 Å². The minimum atomic E-state index is -0.191. The van der Waals surface area contributed by atoms with Crippen molar-refractivity contribution in [3.63, 3.8) is 0 Å². The van der Waals surface area contributed by atoms with Crippen LogP contribution in [0.25, 0.3) is 0 Å². The molecule has 2 rings (SSSR count). The summed E-state index contributed by atoms with van der Waals surface area (Å²) in [5.41, 5.74) is 0.0718. The molecule has 0 amide bonds. The molecule has 0 aromatic heterocycles. The van der Waals surface area contributed by atoms with E-state index >= 15 is 0 Å². The lowest BCUT2D eigenvalue weighted by Gasteiger charge is -2.47. The van der Waals surface area contributed by atoms with Crippen molar-refractivity contribution < 1.29 is 9.84 Å². The Balaban J connectivity index is 2.00. The fourth-order valence-electron chi connectivity index (χ4n) is 3.38. The van der Waals surface area contributed by atoms with E-state index in [0.29, 0.717) is 12.1 Å². The number of nitrogens with zero attached hydrogens (tertiary/aromatic N) is 1. The lowest BCUT2D eigenvalue weighted by molar-refractivity contribution is -0.0736. The Hall–Kier alpha value is -0.120. The van der Waals surface area contributed by atoms with E-state index in [1.807, 2.05) is 0 Å². The van der Waals surface area contributed by atoms with Gasteiger partial charge < -0.3 is 9.84 Å². The molecule has 2 atom stereocenters. The van der Waals surface area contributed by atoms with E-state index in [9.17, 15) is 5.11 Å². The lowest BCUT2D eigenvalue weighted by atomic mass is 9.72. The van der Waals surface area contributed by atoms with Crippen molar-refractivity contribution in [1.29, 1.82) is 0 Å². The van der Waals surface area contributed by atoms with Crippen LogP contribution in [0.15, 0.2) is 0 Å². The Morgan fingerprint density at radius 3 is 2.47 bits per heavy atom. The third-order valence-corrected chi connectivity index (χ3v) is 4.78. The maximum absolute atomic E-state index is 10.5. The second kappa shape index (κ2) is 5.25. The molecule has 100 valence electrons. The highest BCUT2D eigenvalue weighted by molar-refractivity contribution is 4.94. The molecular formula is C14H27NO2. The van der Waals surface area contributed by atoms with Crippen molar-refractivity contribution in [3.05, 3.63) is 0 Å². The van der Waals surface area contributed by atoms with E-state index in [2.05, 4.69) is 25.8 Å². The Morgan fingerprint density at radius 1 is 1.18 bits per heavy atom. The van der Waals surface area contributed by atoms with Crippen molar-refractivity contribution in [2.45, 2.75) is 64.1 Å². The first-order chi connectivity index (χ1) is 8.02. The molecule has 3 heteroatoms. The highest BCUT2D eigenvalue weighted by Gasteiger charge is 2.41. The second-order valence-electron chi connectivity index (χ2n) is 6.40. The fraction of sp³-hybridized carbons (Fsp3) is 1.00. The average Bonchev–Trinajstić information content (AvgIpc) is 2.33. The van der Waals surface area contributed by atoms with Gasteiger partial charge in [0, 0.05) is 25.3 Å². The van der Waals surface area contributed by atoms with Crippen LogP contribution in [0, 0.1) is 5.41 Å². The molecular weight excluding hydrogens is 214 g/mol. The molecule has 0 aromatic carbocycles. The fourth-order valence-corrected chi connectivity index (χ4v) is 3.38. The SMILES string of the molecule is CN(C1CCOCC1)C1CCCC(C)(C)C1O. The average molecular weight is 241 g/mol. The van der Waals surface area contributed by atoms with E-state index in [0.717, 1.165) is 38.9 Å². The van der Waals surface area contributed by atoms with E-state index < -0.39 is 0 Å². The van der Waals surface area contributed by atoms with Gasteiger partial charge in [-0.25, -0.2) is 0 Å². The zero-order valence-electron chi connectivity index (χ0n) is 11.5. The van der Waals surface area contributed by atoms with Gasteiger partial charge in [0.15, 0.2) is 0 Å². The monoisotopic (exact) mass is 241 g/mol. The first-order valence-corrected chi connectivity index (χ1v) is 7.00. The number of likely N-dealkylation sites (N-methyl/N-ethyl adjacent to an activating group) is 1. The third-order valence-electron chi connectivity index (χ3n) is 4.78. The summed E-state index contributed by atoms with van der Waals surface area (Å²) in [6.07, 6.45) is 5.55. The number of aliphatic hydroxyl groups excluding tert-OH is 1. The summed E-state index contributed by atoms with van der Waals surface area (Å²) in [6.45, 7) is 6.14. The van der Waals surface area contributed by atoms with Crippen LogP contribution in [0.1, 0.15) is 46.0 Å². The smallest absolute Gasteiger partial charge is 0.0746 e. The molecule has 3 nitrogen and oxygen atoms in total. The molecule has 0 bridgehead atoms. The minimum Gasteiger partial charge on any atom is -0.391 e. The summed E-state index contributed by atoms with van der Waals surface area (Å²) in [6, 6.07) is 0.930. The molecule has 2 aliphatic rings. The van der Waals surface area contributed by atoms with Crippen molar-refractivity contribution in [1.82, 2.24) is 4.90 Å². The van der Waals surface area contributed by atoms with Crippen LogP contribution in [-0.4, -0.2) is 48.5 Å². The molecule has 1 saturated heterocycles. The first-order valence-electron chi connectivity index (χ1n) is 7.00. The molecule has 1 aliphatic heterocycles. The van der Waals surface area contributed by atoms with Gasteiger partial charge in [0.25, 0.3) is 0 Å². The standard InChI is InChI=1S/C14H27NO2/c1-14(2)8-4-5-12(13(14)16)15(3)11-6-9-17-10-7-11/h11-13,16H,4-10H2,1-3H3. The van der Waals surface area contributed by atoms with Gasteiger partial charge in [-0.15, -0.1) is 0 Å². The van der Waals surface area contributed by atoms with Gasteiger partial charge in [0.1, 0.15) is 0 Å². The van der Waals surface area contributed by atoms with Gasteiger partial charge in [-0.1, -0.05) is 20.3 Å². The molecule has 2 fully saturated rings. The predicted octanol–water partition coefficient (Wildman–Crippen LogP) is 2.04. The Kier molecular flexibility index (Phi) is 4.11. The lowest BCUT2D eigenvalue weighted by Crippen LogP contribution is -2.54. The number of hydrogen-bond donors (Lipinski definition) is 1. The van der Waals surface area contributed by atoms with Crippen molar-refractivity contribution in [2.75, 3.05) is 20.3 Å². The Bertz CT molecular complexity index is 249. The topological polar surface area (TPSA) is 32.7 Å². The highest BCUT2D eigenvalue weighted by atomic mass is 16.5. The number of rotatable bonds is 2. The molecule has 0 aromatic rings. The van der Waals surface area contributed by atoms with Crippen molar-refractivity contribution in [2.24, 2.45) is 5.41 Å². The predicted molar refractivity (Wildman–Crippen MR) is 69.0 cm³/mol. The molecule has 2 unspecified atom stereocenters. The van der Waals surface area contributed by atoms with Crippen LogP contribution in [0.2, 0.25) is 0 Å². The van der Waals surface area contributed by atoms with Crippen LogP contribution < -0.4 is 0 Å². The second-order valence-corrected chi connectivity index (χ2v) is 6.40. The largest absolute Gasteiger partial charge is 0.391 e. The van der Waals surface area contributed by atoms with Crippen molar-refractivity contribution >= 4 is 0 Å². The summed E-state index contributed by atoms with van der Waals surface area (Å²) in [4.78, 5) is 2.42. The van der Waals surface area contributed by atoms with Gasteiger partial charge in [-0.3, -0.25) is 4.90 Å². The van der Waals surface area contributed by atoms with Crippen LogP contribution in [0.4, 0.5) is 0 Å². The van der Waals surface area contributed by atoms with E-state index in [1.165, 1.54) is 6.42 Å². The Morgan fingerprint density at radius 2 is 1.82 bits per heavy atom. The summed E-state index contributed by atoms with van der Waals surface area (Å²) in [5, 5.41) is 10.5. The quantitative estimate of drug-likeness (QED) is 0.803. The first kappa shape index (κ1) is 13.3. The van der Waals surface area contributed by atoms with Crippen molar-refractivity contribution in [3.8, 4) is 0 Å². The highest BCUT2D eigenvalue weighted by Crippen LogP contribution is 2.38. The maximum atomic E-state index is 10.5. The molecule has 17 heavy (non-hydrogen) atoms. The number of hydrogen-bond acceptors (Lipinski definition) is 3. The molecule has 0 spiro atoms. The van der Waals surface area contributed by atoms with E-state index in [-0.39, 0.29) is 11.5 Å². The zero-order valence-corrected chi connectivity index (χ0v) is 11.5. The summed E-state index contributed by atoms with van der Waals surface area (Å²) in [7, 11) is 2.19. The van der Waals surface area contributed by atoms with Crippen LogP contribution in [0.5, 0.6) is 0 Å². The van der Waals surface area contributed by atoms with Gasteiger partial charge in [0.05, 0.1) is 6.10 Å². The third kappa shape index (κ3) is 2.83. The summed E-state index contributed by atoms with van der Waals surface area (Å²) in [5.74, 6) is 0. The number of aliphatic hydroxyl groups is 1. The molecule has 1 saturated carbocycles. The summed E-state index contributed by atoms with van der Waals surface area (Å²) >= 11 is 0. The Labute approximate surface area is 105 Å². The molecule has 1 heterocycles. The number of ether oxygens (including phenoxy) is 1. The van der Waals surface area contributed by atoms with E-state index in [1.54, 1.807) is 0 Å². The van der Waals surface area contributed by atoms with Crippen LogP contribution in [0.3, 0.4) is 0 Å². The maximum Gasteiger partial charge on any atom is 0.0746 e. The van der Waals surface area contributed by atoms with Gasteiger partial charge in [-0.05, 0) is 38.1 Å². The zero-order chi connectivity index (χ0) is 12.5. The minimum absolute atomic E-state index is 0.0718.